The first-order valence-corrected chi connectivity index (χ1v) is 9.36. The van der Waals surface area contributed by atoms with Gasteiger partial charge in [-0.15, -0.1) is 22.7 Å². The van der Waals surface area contributed by atoms with Gasteiger partial charge < -0.3 is 16.0 Å². The molecule has 0 fully saturated rings. The number of amides is 3. The number of thiophene rings is 1. The van der Waals surface area contributed by atoms with Gasteiger partial charge in [-0.3, -0.25) is 14.4 Å². The zero-order valence-corrected chi connectivity index (χ0v) is 15.8. The number of hydrogen-bond acceptors (Lipinski definition) is 6. The second-order valence-corrected chi connectivity index (χ2v) is 8.17. The summed E-state index contributed by atoms with van der Waals surface area (Å²) in [6.45, 7) is 6.11. The van der Waals surface area contributed by atoms with Crippen LogP contribution in [0.1, 0.15) is 48.1 Å². The summed E-state index contributed by atoms with van der Waals surface area (Å²) < 4.78 is 0. The zero-order chi connectivity index (χ0) is 18.3. The molecule has 3 heterocycles. The first-order chi connectivity index (χ1) is 11.8. The molecule has 0 spiro atoms. The monoisotopic (exact) mass is 378 g/mol. The molecule has 132 valence electrons. The van der Waals surface area contributed by atoms with Crippen molar-refractivity contribution in [2.45, 2.75) is 33.7 Å². The molecular weight excluding hydrogens is 360 g/mol. The van der Waals surface area contributed by atoms with Crippen LogP contribution in [0.2, 0.25) is 0 Å². The minimum atomic E-state index is -0.568. The van der Waals surface area contributed by atoms with Crippen molar-refractivity contribution in [1.29, 1.82) is 0 Å². The van der Waals surface area contributed by atoms with Crippen LogP contribution in [0.3, 0.4) is 0 Å². The molecule has 0 bridgehead atoms. The van der Waals surface area contributed by atoms with Crippen LogP contribution in [-0.4, -0.2) is 34.2 Å². The van der Waals surface area contributed by atoms with E-state index in [4.69, 9.17) is 5.73 Å². The number of fused-ring (bicyclic) bond motifs is 1. The number of nitrogens with two attached hydrogens (primary N) is 1. The third-order valence-corrected chi connectivity index (χ3v) is 6.29. The lowest BCUT2D eigenvalue weighted by atomic mass is 10.0. The van der Waals surface area contributed by atoms with Crippen molar-refractivity contribution in [3.05, 3.63) is 31.6 Å². The molecule has 7 nitrogen and oxygen atoms in total. The largest absolute Gasteiger partial charge is 0.365 e. The highest BCUT2D eigenvalue weighted by Gasteiger charge is 2.29. The third kappa shape index (κ3) is 3.29. The van der Waals surface area contributed by atoms with Gasteiger partial charge >= 0.3 is 0 Å². The van der Waals surface area contributed by atoms with Gasteiger partial charge in [0.2, 0.25) is 5.91 Å². The molecule has 0 radical (unpaired) electrons. The Morgan fingerprint density at radius 3 is 2.52 bits per heavy atom. The van der Waals surface area contributed by atoms with E-state index in [1.165, 1.54) is 29.6 Å². The highest BCUT2D eigenvalue weighted by atomic mass is 32.1. The van der Waals surface area contributed by atoms with Gasteiger partial charge in [0, 0.05) is 18.3 Å². The molecule has 0 aromatic carbocycles. The van der Waals surface area contributed by atoms with Gasteiger partial charge in [0.05, 0.1) is 22.8 Å². The lowest BCUT2D eigenvalue weighted by Crippen LogP contribution is -2.34. The molecular formula is C16H18N4O3S2. The van der Waals surface area contributed by atoms with E-state index in [2.05, 4.69) is 10.3 Å². The second-order valence-electron chi connectivity index (χ2n) is 5.86. The maximum atomic E-state index is 12.6. The van der Waals surface area contributed by atoms with Crippen molar-refractivity contribution in [2.24, 2.45) is 5.73 Å². The summed E-state index contributed by atoms with van der Waals surface area (Å²) in [5, 5.41) is 4.06. The van der Waals surface area contributed by atoms with Gasteiger partial charge in [0.15, 0.2) is 0 Å². The van der Waals surface area contributed by atoms with Crippen molar-refractivity contribution in [3.8, 4) is 0 Å². The molecule has 0 aliphatic carbocycles. The van der Waals surface area contributed by atoms with Gasteiger partial charge in [-0.25, -0.2) is 4.98 Å². The summed E-state index contributed by atoms with van der Waals surface area (Å²) in [7, 11) is 0. The van der Waals surface area contributed by atoms with E-state index in [1.807, 2.05) is 6.92 Å². The van der Waals surface area contributed by atoms with Crippen LogP contribution < -0.4 is 11.1 Å². The molecule has 3 rings (SSSR count). The van der Waals surface area contributed by atoms with E-state index < -0.39 is 5.91 Å². The Balaban J connectivity index is 1.94. The number of primary amides is 1. The maximum Gasteiger partial charge on any atom is 0.268 e. The van der Waals surface area contributed by atoms with Gasteiger partial charge in [-0.05, 0) is 25.8 Å². The molecule has 2 aromatic heterocycles. The van der Waals surface area contributed by atoms with E-state index in [1.54, 1.807) is 11.8 Å². The lowest BCUT2D eigenvalue weighted by Gasteiger charge is -2.25. The molecule has 0 unspecified atom stereocenters. The molecule has 0 atom stereocenters. The average molecular weight is 378 g/mol. The first kappa shape index (κ1) is 17.6. The Kier molecular flexibility index (Phi) is 4.61. The number of hydrogen-bond donors (Lipinski definition) is 2. The summed E-state index contributed by atoms with van der Waals surface area (Å²) in [5.41, 5.74) is 7.40. The molecule has 0 saturated heterocycles. The van der Waals surface area contributed by atoms with Gasteiger partial charge in [0.1, 0.15) is 9.88 Å². The fourth-order valence-corrected chi connectivity index (χ4v) is 5.00. The lowest BCUT2D eigenvalue weighted by molar-refractivity contribution is -0.129. The Morgan fingerprint density at radius 2 is 1.96 bits per heavy atom. The normalized spacial score (nSPS) is 13.5. The maximum absolute atomic E-state index is 12.6. The van der Waals surface area contributed by atoms with Crippen molar-refractivity contribution >= 4 is 45.4 Å². The fraction of sp³-hybridized carbons (Fsp3) is 0.375. The van der Waals surface area contributed by atoms with E-state index >= 15 is 0 Å². The Hall–Kier alpha value is -2.26. The molecule has 0 saturated carbocycles. The highest BCUT2D eigenvalue weighted by molar-refractivity contribution is 7.17. The number of aromatic nitrogens is 1. The van der Waals surface area contributed by atoms with Crippen molar-refractivity contribution in [1.82, 2.24) is 9.88 Å². The Morgan fingerprint density at radius 1 is 1.24 bits per heavy atom. The van der Waals surface area contributed by atoms with E-state index in [0.717, 1.165) is 15.4 Å². The topological polar surface area (TPSA) is 105 Å². The van der Waals surface area contributed by atoms with Gasteiger partial charge in [-0.1, -0.05) is 0 Å². The summed E-state index contributed by atoms with van der Waals surface area (Å²) in [5.74, 6) is -0.880. The van der Waals surface area contributed by atoms with Crippen LogP contribution in [0.4, 0.5) is 5.00 Å². The van der Waals surface area contributed by atoms with Crippen LogP contribution in [0, 0.1) is 13.8 Å². The molecule has 1 aliphatic heterocycles. The van der Waals surface area contributed by atoms with Crippen molar-refractivity contribution in [3.63, 3.8) is 0 Å². The summed E-state index contributed by atoms with van der Waals surface area (Å²) in [6.07, 6.45) is 0.554. The van der Waals surface area contributed by atoms with Crippen molar-refractivity contribution in [2.75, 3.05) is 11.9 Å². The van der Waals surface area contributed by atoms with E-state index in [-0.39, 0.29) is 11.8 Å². The van der Waals surface area contributed by atoms with Crippen LogP contribution in [0.15, 0.2) is 0 Å². The fourth-order valence-electron chi connectivity index (χ4n) is 2.92. The number of carbonyl (C=O) groups excluding carboxylic acids is 3. The predicted octanol–water partition coefficient (Wildman–Crippen LogP) is 2.08. The molecule has 9 heteroatoms. The van der Waals surface area contributed by atoms with E-state index in [0.29, 0.717) is 40.6 Å². The quantitative estimate of drug-likeness (QED) is 0.853. The SMILES string of the molecule is CC(=O)N1CCc2c(sc(NC(=O)c3sc(C)nc3C)c2C(N)=O)C1. The van der Waals surface area contributed by atoms with Crippen molar-refractivity contribution < 1.29 is 14.4 Å². The summed E-state index contributed by atoms with van der Waals surface area (Å²) >= 11 is 2.61. The molecule has 25 heavy (non-hydrogen) atoms. The Bertz CT molecular complexity index is 884. The molecule has 3 amide bonds. The molecule has 3 N–H and O–H groups in total. The van der Waals surface area contributed by atoms with Crippen LogP contribution in [-0.2, 0) is 17.8 Å². The highest BCUT2D eigenvalue weighted by Crippen LogP contribution is 2.37. The Labute approximate surface area is 152 Å². The second kappa shape index (κ2) is 6.57. The number of carbonyl (C=O) groups is 3. The third-order valence-electron chi connectivity index (χ3n) is 4.09. The van der Waals surface area contributed by atoms with E-state index in [9.17, 15) is 14.4 Å². The predicted molar refractivity (Wildman–Crippen MR) is 97.2 cm³/mol. The minimum Gasteiger partial charge on any atom is -0.365 e. The number of nitrogens with one attached hydrogen (secondary N) is 1. The number of anilines is 1. The summed E-state index contributed by atoms with van der Waals surface area (Å²) in [4.78, 5) is 43.5. The minimum absolute atomic E-state index is 0.0129. The molecule has 1 aliphatic rings. The number of nitrogens with zero attached hydrogens (tertiary/aromatic N) is 2. The smallest absolute Gasteiger partial charge is 0.268 e. The average Bonchev–Trinajstić information content (AvgIpc) is 3.05. The number of rotatable bonds is 3. The van der Waals surface area contributed by atoms with Crippen LogP contribution in [0.5, 0.6) is 0 Å². The zero-order valence-electron chi connectivity index (χ0n) is 14.1. The van der Waals surface area contributed by atoms with Crippen LogP contribution >= 0.6 is 22.7 Å². The number of thiazole rings is 1. The molecule has 2 aromatic rings. The first-order valence-electron chi connectivity index (χ1n) is 7.73. The van der Waals surface area contributed by atoms with Gasteiger partial charge in [-0.2, -0.15) is 0 Å². The van der Waals surface area contributed by atoms with Crippen LogP contribution in [0.25, 0.3) is 0 Å². The number of aryl methyl sites for hydroxylation is 2. The summed E-state index contributed by atoms with van der Waals surface area (Å²) in [6, 6.07) is 0. The van der Waals surface area contributed by atoms with Gasteiger partial charge in [0.25, 0.3) is 11.8 Å². The standard InChI is InChI=1S/C16H18N4O3S2/c1-7-13(24-8(2)18-7)15(23)19-16-12(14(17)22)10-4-5-20(9(3)21)6-11(10)25-16/h4-6H2,1-3H3,(H2,17,22)(H,19,23).